The molecule has 1 fully saturated rings. The zero-order chi connectivity index (χ0) is 16.7. The van der Waals surface area contributed by atoms with Gasteiger partial charge in [-0.3, -0.25) is 0 Å². The smallest absolute Gasteiger partial charge is 0.108 e. The molecule has 0 aromatic heterocycles. The first-order chi connectivity index (χ1) is 10.00. The Kier molecular flexibility index (Phi) is 6.22. The van der Waals surface area contributed by atoms with Gasteiger partial charge in [0.15, 0.2) is 0 Å². The molecule has 0 aliphatic carbocycles. The van der Waals surface area contributed by atoms with Crippen molar-refractivity contribution in [3.63, 3.8) is 0 Å². The summed E-state index contributed by atoms with van der Waals surface area (Å²) >= 11 is 0. The Bertz CT molecular complexity index is 534. The lowest BCUT2D eigenvalue weighted by Gasteiger charge is -2.32. The molecule has 2 atom stereocenters. The number of halogens is 1. The Morgan fingerprint density at radius 1 is 1.22 bits per heavy atom. The number of hydrogen-bond acceptors (Lipinski definition) is 2. The number of likely N-dealkylation sites (N-methyl/N-ethyl adjacent to an activating group) is 1. The van der Waals surface area contributed by atoms with Crippen molar-refractivity contribution in [2.24, 2.45) is 0 Å². The van der Waals surface area contributed by atoms with Crippen LogP contribution < -0.4 is 23.0 Å². The van der Waals surface area contributed by atoms with E-state index in [0.29, 0.717) is 11.6 Å². The molecule has 0 saturated carbocycles. The Balaban J connectivity index is 0.00000264. The third-order valence-electron chi connectivity index (χ3n) is 5.45. The van der Waals surface area contributed by atoms with Gasteiger partial charge in [0.25, 0.3) is 0 Å². The van der Waals surface area contributed by atoms with E-state index >= 15 is 0 Å². The van der Waals surface area contributed by atoms with E-state index in [1.807, 2.05) is 0 Å². The van der Waals surface area contributed by atoms with Crippen LogP contribution in [0.1, 0.15) is 24.4 Å². The van der Waals surface area contributed by atoms with Crippen molar-refractivity contribution in [3.8, 4) is 0 Å². The van der Waals surface area contributed by atoms with E-state index in [1.165, 1.54) is 17.7 Å². The third-order valence-corrected chi connectivity index (χ3v) is 8.38. The minimum atomic E-state index is -1.18. The van der Waals surface area contributed by atoms with Crippen LogP contribution in [0.25, 0.3) is 0 Å². The first kappa shape index (κ1) is 20.3. The molecule has 1 aliphatic rings. The van der Waals surface area contributed by atoms with E-state index in [1.54, 1.807) is 0 Å². The fourth-order valence-corrected chi connectivity index (χ4v) is 4.40. The molecule has 1 aromatic rings. The number of nitrogen functional groups attached to an aromatic ring is 1. The number of nitrogens with zero attached hydrogens (tertiary/aromatic N) is 2. The van der Waals surface area contributed by atoms with Crippen molar-refractivity contribution >= 4 is 19.4 Å². The van der Waals surface area contributed by atoms with Crippen LogP contribution in [0, 0.1) is 0 Å². The second kappa shape index (κ2) is 7.04. The number of anilines is 2. The van der Waals surface area contributed by atoms with Gasteiger partial charge < -0.3 is 27.5 Å². The van der Waals surface area contributed by atoms with Crippen LogP contribution in [0.5, 0.6) is 0 Å². The maximum atomic E-state index is 6.41. The normalized spacial score (nSPS) is 20.3. The van der Waals surface area contributed by atoms with Gasteiger partial charge in [-0.25, -0.2) is 0 Å². The first-order valence-corrected chi connectivity index (χ1v) is 12.0. The van der Waals surface area contributed by atoms with Crippen molar-refractivity contribution in [2.45, 2.75) is 44.6 Å². The summed E-state index contributed by atoms with van der Waals surface area (Å²) in [6.07, 6.45) is 1.25. The Hall–Kier alpha value is -0.713. The number of hydrogen-bond donors (Lipinski definition) is 1. The number of rotatable bonds is 4. The maximum Gasteiger partial charge on any atom is 0.108 e. The molecule has 132 valence electrons. The van der Waals surface area contributed by atoms with Gasteiger partial charge in [-0.2, -0.15) is 0 Å². The summed E-state index contributed by atoms with van der Waals surface area (Å²) in [5.74, 6) is 0. The molecule has 23 heavy (non-hydrogen) atoms. The zero-order valence-electron chi connectivity index (χ0n) is 15.9. The summed E-state index contributed by atoms with van der Waals surface area (Å²) in [6.45, 7) is 11.9. The summed E-state index contributed by atoms with van der Waals surface area (Å²) < 4.78 is 1.03. The standard InChI is InChI=1S/C18H34N3Si.ClH/c1-14(22(5,6)7)15-8-9-18(17(19)12-15)20-11-10-16(13-20)21(2,3)4;/h8-9,12,14,16H,10-11,13,19H2,1-7H3;1H/q+1;/p-1. The average Bonchev–Trinajstić information content (AvgIpc) is 2.85. The number of benzene rings is 1. The lowest BCUT2D eigenvalue weighted by molar-refractivity contribution is -0.893. The number of quaternary nitrogens is 1. The van der Waals surface area contributed by atoms with Gasteiger partial charge in [-0.05, 0) is 23.2 Å². The van der Waals surface area contributed by atoms with Crippen LogP contribution in [0.4, 0.5) is 11.4 Å². The molecule has 1 saturated heterocycles. The molecule has 5 heteroatoms. The molecule has 0 bridgehead atoms. The lowest BCUT2D eigenvalue weighted by Crippen LogP contribution is -3.00. The van der Waals surface area contributed by atoms with E-state index < -0.39 is 8.07 Å². The van der Waals surface area contributed by atoms with Crippen LogP contribution in [-0.4, -0.2) is 52.8 Å². The van der Waals surface area contributed by atoms with Crippen LogP contribution in [0.3, 0.4) is 0 Å². The second-order valence-electron chi connectivity index (χ2n) is 8.91. The Morgan fingerprint density at radius 3 is 2.26 bits per heavy atom. The summed E-state index contributed by atoms with van der Waals surface area (Å²) in [7, 11) is 5.68. The highest BCUT2D eigenvalue weighted by Gasteiger charge is 2.33. The SMILES string of the molecule is CC(c1ccc(N2CCC([N+](C)(C)C)C2)c(N)c1)[Si](C)(C)C.[Cl-]. The predicted molar refractivity (Wildman–Crippen MR) is 101 cm³/mol. The molecule has 2 N–H and O–H groups in total. The maximum absolute atomic E-state index is 6.41. The zero-order valence-corrected chi connectivity index (χ0v) is 17.6. The molecular formula is C18H34ClN3Si. The van der Waals surface area contributed by atoms with Crippen molar-refractivity contribution in [1.29, 1.82) is 0 Å². The van der Waals surface area contributed by atoms with E-state index in [0.717, 1.165) is 23.3 Å². The molecule has 0 amide bonds. The molecule has 1 heterocycles. The summed E-state index contributed by atoms with van der Waals surface area (Å²) in [6, 6.07) is 7.46. The van der Waals surface area contributed by atoms with Crippen LogP contribution in [0.15, 0.2) is 18.2 Å². The summed E-state index contributed by atoms with van der Waals surface area (Å²) in [5, 5.41) is 0. The Morgan fingerprint density at radius 2 is 1.83 bits per heavy atom. The van der Waals surface area contributed by atoms with Crippen molar-refractivity contribution in [2.75, 3.05) is 44.9 Å². The second-order valence-corrected chi connectivity index (χ2v) is 14.5. The third kappa shape index (κ3) is 4.65. The molecule has 2 unspecified atom stereocenters. The topological polar surface area (TPSA) is 29.3 Å². The minimum absolute atomic E-state index is 0. The van der Waals surface area contributed by atoms with Crippen molar-refractivity contribution in [3.05, 3.63) is 23.8 Å². The van der Waals surface area contributed by atoms with Crippen molar-refractivity contribution in [1.82, 2.24) is 0 Å². The van der Waals surface area contributed by atoms with Gasteiger partial charge in [0.05, 0.1) is 47.1 Å². The quantitative estimate of drug-likeness (QED) is 0.485. The monoisotopic (exact) mass is 355 g/mol. The van der Waals surface area contributed by atoms with E-state index in [2.05, 4.69) is 70.8 Å². The summed E-state index contributed by atoms with van der Waals surface area (Å²) in [5.41, 5.74) is 10.6. The van der Waals surface area contributed by atoms with Gasteiger partial charge in [0.2, 0.25) is 0 Å². The fourth-order valence-electron chi connectivity index (χ4n) is 3.22. The fraction of sp³-hybridized carbons (Fsp3) is 0.667. The average molecular weight is 356 g/mol. The van der Waals surface area contributed by atoms with Crippen LogP contribution in [0.2, 0.25) is 19.6 Å². The first-order valence-electron chi connectivity index (χ1n) is 8.45. The Labute approximate surface area is 149 Å². The van der Waals surface area contributed by atoms with Crippen LogP contribution >= 0.6 is 0 Å². The molecule has 2 rings (SSSR count). The van der Waals surface area contributed by atoms with Gasteiger partial charge in [0, 0.05) is 13.0 Å². The van der Waals surface area contributed by atoms with Crippen LogP contribution in [-0.2, 0) is 0 Å². The highest BCUT2D eigenvalue weighted by molar-refractivity contribution is 6.77. The summed E-state index contributed by atoms with van der Waals surface area (Å²) in [4.78, 5) is 2.46. The highest BCUT2D eigenvalue weighted by atomic mass is 35.5. The molecule has 1 aromatic carbocycles. The number of nitrogens with two attached hydrogens (primary N) is 1. The molecule has 3 nitrogen and oxygen atoms in total. The van der Waals surface area contributed by atoms with E-state index in [9.17, 15) is 0 Å². The lowest BCUT2D eigenvalue weighted by atomic mass is 10.1. The molecular weight excluding hydrogens is 322 g/mol. The molecule has 0 radical (unpaired) electrons. The molecule has 0 spiro atoms. The minimum Gasteiger partial charge on any atom is -1.00 e. The van der Waals surface area contributed by atoms with Gasteiger partial charge >= 0.3 is 0 Å². The van der Waals surface area contributed by atoms with Gasteiger partial charge in [-0.15, -0.1) is 0 Å². The highest BCUT2D eigenvalue weighted by Crippen LogP contribution is 2.34. The van der Waals surface area contributed by atoms with Crippen molar-refractivity contribution < 1.29 is 16.9 Å². The van der Waals surface area contributed by atoms with Gasteiger partial charge in [-0.1, -0.05) is 32.6 Å². The molecule has 1 aliphatic heterocycles. The van der Waals surface area contributed by atoms with E-state index in [4.69, 9.17) is 5.73 Å². The van der Waals surface area contributed by atoms with Gasteiger partial charge in [0.1, 0.15) is 6.04 Å². The van der Waals surface area contributed by atoms with E-state index in [-0.39, 0.29) is 12.4 Å². The largest absolute Gasteiger partial charge is 1.00 e. The predicted octanol–water partition coefficient (Wildman–Crippen LogP) is 0.539.